The van der Waals surface area contributed by atoms with Crippen LogP contribution in [0.25, 0.3) is 0 Å². The van der Waals surface area contributed by atoms with Gasteiger partial charge in [-0.25, -0.2) is 4.98 Å². The summed E-state index contributed by atoms with van der Waals surface area (Å²) in [4.78, 5) is 16.5. The molecule has 1 aromatic heterocycles. The van der Waals surface area contributed by atoms with Gasteiger partial charge in [0.1, 0.15) is 11.6 Å². The lowest BCUT2D eigenvalue weighted by Crippen LogP contribution is -2.42. The number of thiocarbonyl (C=S) groups is 1. The average molecular weight is 463 g/mol. The van der Waals surface area contributed by atoms with Gasteiger partial charge >= 0.3 is 0 Å². The summed E-state index contributed by atoms with van der Waals surface area (Å²) in [5.74, 6) is 0.468. The van der Waals surface area contributed by atoms with Gasteiger partial charge in [-0.1, -0.05) is 23.2 Å². The van der Waals surface area contributed by atoms with E-state index in [0.29, 0.717) is 21.6 Å². The van der Waals surface area contributed by atoms with Crippen molar-refractivity contribution in [1.29, 1.82) is 0 Å². The van der Waals surface area contributed by atoms with Gasteiger partial charge in [0.2, 0.25) is 0 Å². The highest BCUT2D eigenvalue weighted by molar-refractivity contribution is 9.10. The third-order valence-electron chi connectivity index (χ3n) is 3.07. The second-order valence-electron chi connectivity index (χ2n) is 5.04. The second-order valence-corrected chi connectivity index (χ2v) is 7.15. The zero-order chi connectivity index (χ0) is 18.6. The molecule has 0 spiro atoms. The van der Waals surface area contributed by atoms with Gasteiger partial charge in [-0.05, 0) is 72.3 Å². The summed E-state index contributed by atoms with van der Waals surface area (Å²) >= 11 is 20.3. The lowest BCUT2D eigenvalue weighted by Gasteiger charge is -2.16. The van der Waals surface area contributed by atoms with Crippen LogP contribution in [0.1, 0.15) is 12.6 Å². The first-order valence-corrected chi connectivity index (χ1v) is 9.08. The van der Waals surface area contributed by atoms with Gasteiger partial charge in [0.05, 0.1) is 10.7 Å². The molecule has 0 fully saturated rings. The Morgan fingerprint density at radius 2 is 2.04 bits per heavy atom. The summed E-state index contributed by atoms with van der Waals surface area (Å²) in [5.41, 5.74) is 0.799. The maximum Gasteiger partial charge on any atom is 0.266 e. The minimum atomic E-state index is -0.807. The van der Waals surface area contributed by atoms with Crippen molar-refractivity contribution >= 4 is 68.2 Å². The highest BCUT2D eigenvalue weighted by atomic mass is 79.9. The molecule has 0 aliphatic heterocycles. The van der Waals surface area contributed by atoms with E-state index in [9.17, 15) is 4.79 Å². The third-order valence-corrected chi connectivity index (χ3v) is 4.64. The second kappa shape index (κ2) is 8.80. The fraction of sp³-hybridized carbons (Fsp3) is 0.188. The van der Waals surface area contributed by atoms with Crippen LogP contribution in [0.2, 0.25) is 10.0 Å². The van der Waals surface area contributed by atoms with Crippen LogP contribution in [0.4, 0.5) is 5.82 Å². The monoisotopic (exact) mass is 461 g/mol. The van der Waals surface area contributed by atoms with E-state index in [2.05, 4.69) is 31.5 Å². The maximum absolute atomic E-state index is 12.2. The minimum absolute atomic E-state index is 0.122. The number of halogens is 3. The van der Waals surface area contributed by atoms with Crippen LogP contribution in [-0.4, -0.2) is 22.1 Å². The largest absolute Gasteiger partial charge is 0.479 e. The van der Waals surface area contributed by atoms with Crippen molar-refractivity contribution in [1.82, 2.24) is 10.3 Å². The molecule has 1 amide bonds. The van der Waals surface area contributed by atoms with E-state index in [4.69, 9.17) is 40.2 Å². The predicted molar refractivity (Wildman–Crippen MR) is 108 cm³/mol. The van der Waals surface area contributed by atoms with Crippen molar-refractivity contribution in [3.05, 3.63) is 50.5 Å². The minimum Gasteiger partial charge on any atom is -0.479 e. The Labute approximate surface area is 169 Å². The zero-order valence-electron chi connectivity index (χ0n) is 13.3. The highest BCUT2D eigenvalue weighted by Crippen LogP contribution is 2.28. The fourth-order valence-electron chi connectivity index (χ4n) is 1.79. The molecule has 2 N–H and O–H groups in total. The molecule has 0 radical (unpaired) electrons. The van der Waals surface area contributed by atoms with E-state index < -0.39 is 12.0 Å². The topological polar surface area (TPSA) is 63.2 Å². The van der Waals surface area contributed by atoms with Gasteiger partial charge in [0.15, 0.2) is 11.2 Å². The Hall–Kier alpha value is -1.41. The number of aromatic nitrogens is 1. The summed E-state index contributed by atoms with van der Waals surface area (Å²) in [7, 11) is 0. The van der Waals surface area contributed by atoms with E-state index in [1.54, 1.807) is 25.1 Å². The zero-order valence-corrected chi connectivity index (χ0v) is 17.2. The SMILES string of the molecule is Cc1nc(NC(=S)NC(=O)[C@@H](C)Oc2ccc(Cl)cc2Cl)ccc1Br. The molecule has 0 aliphatic carbocycles. The van der Waals surface area contributed by atoms with Crippen LogP contribution < -0.4 is 15.4 Å². The Bertz CT molecular complexity index is 820. The van der Waals surface area contributed by atoms with Gasteiger partial charge in [-0.3, -0.25) is 10.1 Å². The number of rotatable bonds is 4. The quantitative estimate of drug-likeness (QED) is 0.642. The summed E-state index contributed by atoms with van der Waals surface area (Å²) < 4.78 is 6.42. The van der Waals surface area contributed by atoms with Crippen molar-refractivity contribution in [2.75, 3.05) is 5.32 Å². The first-order chi connectivity index (χ1) is 11.8. The number of carbonyl (C=O) groups excluding carboxylic acids is 1. The first-order valence-electron chi connectivity index (χ1n) is 7.13. The van der Waals surface area contributed by atoms with Gasteiger partial charge in [-0.15, -0.1) is 0 Å². The first kappa shape index (κ1) is 19.9. The van der Waals surface area contributed by atoms with Crippen LogP contribution in [0.15, 0.2) is 34.8 Å². The number of nitrogens with one attached hydrogen (secondary N) is 2. The number of hydrogen-bond donors (Lipinski definition) is 2. The van der Waals surface area contributed by atoms with Gasteiger partial charge in [0.25, 0.3) is 5.91 Å². The van der Waals surface area contributed by atoms with Crippen LogP contribution in [0, 0.1) is 6.92 Å². The number of nitrogens with zero attached hydrogens (tertiary/aromatic N) is 1. The molecular formula is C16H14BrCl2N3O2S. The molecule has 2 aromatic rings. The van der Waals surface area contributed by atoms with Crippen LogP contribution in [0.5, 0.6) is 5.75 Å². The molecule has 5 nitrogen and oxygen atoms in total. The van der Waals surface area contributed by atoms with Crippen molar-refractivity contribution < 1.29 is 9.53 Å². The standard InChI is InChI=1S/C16H14BrCl2N3O2S/c1-8-11(17)4-6-14(20-8)21-16(25)22-15(23)9(2)24-13-5-3-10(18)7-12(13)19/h3-7,9H,1-2H3,(H2,20,21,22,23,25)/t9-/m1/s1. The summed E-state index contributed by atoms with van der Waals surface area (Å²) in [6.45, 7) is 3.44. The lowest BCUT2D eigenvalue weighted by molar-refractivity contribution is -0.125. The van der Waals surface area contributed by atoms with Gasteiger partial charge in [0, 0.05) is 9.50 Å². The van der Waals surface area contributed by atoms with Gasteiger partial charge in [-0.2, -0.15) is 0 Å². The van der Waals surface area contributed by atoms with Crippen LogP contribution in [-0.2, 0) is 4.79 Å². The summed E-state index contributed by atoms with van der Waals surface area (Å²) in [5, 5.41) is 6.32. The van der Waals surface area contributed by atoms with Crippen LogP contribution >= 0.6 is 51.3 Å². The van der Waals surface area contributed by atoms with Crippen molar-refractivity contribution in [2.45, 2.75) is 20.0 Å². The molecular weight excluding hydrogens is 449 g/mol. The number of carbonyl (C=O) groups is 1. The maximum atomic E-state index is 12.2. The molecule has 0 saturated heterocycles. The molecule has 0 aliphatic rings. The number of amides is 1. The van der Waals surface area contributed by atoms with E-state index in [1.165, 1.54) is 6.07 Å². The highest BCUT2D eigenvalue weighted by Gasteiger charge is 2.17. The summed E-state index contributed by atoms with van der Waals surface area (Å²) in [6, 6.07) is 8.34. The van der Waals surface area contributed by atoms with Crippen molar-refractivity contribution in [2.24, 2.45) is 0 Å². The van der Waals surface area contributed by atoms with E-state index in [1.807, 2.05) is 13.0 Å². The number of ether oxygens (including phenoxy) is 1. The Balaban J connectivity index is 1.93. The Kier molecular flexibility index (Phi) is 7.01. The number of anilines is 1. The van der Waals surface area contributed by atoms with E-state index in [-0.39, 0.29) is 5.11 Å². The number of hydrogen-bond acceptors (Lipinski definition) is 4. The van der Waals surface area contributed by atoms with Crippen molar-refractivity contribution in [3.63, 3.8) is 0 Å². The fourth-order valence-corrected chi connectivity index (χ4v) is 2.67. The average Bonchev–Trinajstić information content (AvgIpc) is 2.53. The van der Waals surface area contributed by atoms with E-state index >= 15 is 0 Å². The van der Waals surface area contributed by atoms with Crippen molar-refractivity contribution in [3.8, 4) is 5.75 Å². The number of aryl methyl sites for hydroxylation is 1. The molecule has 1 aromatic carbocycles. The molecule has 0 saturated carbocycles. The van der Waals surface area contributed by atoms with Crippen LogP contribution in [0.3, 0.4) is 0 Å². The number of benzene rings is 1. The Morgan fingerprint density at radius 3 is 2.68 bits per heavy atom. The van der Waals surface area contributed by atoms with E-state index in [0.717, 1.165) is 10.2 Å². The predicted octanol–water partition coefficient (Wildman–Crippen LogP) is 4.74. The molecule has 0 bridgehead atoms. The molecule has 1 atom stereocenters. The Morgan fingerprint density at radius 1 is 1.32 bits per heavy atom. The molecule has 132 valence electrons. The molecule has 9 heteroatoms. The molecule has 25 heavy (non-hydrogen) atoms. The molecule has 2 rings (SSSR count). The molecule has 1 heterocycles. The molecule has 0 unspecified atom stereocenters. The normalized spacial score (nSPS) is 11.6. The number of pyridine rings is 1. The van der Waals surface area contributed by atoms with Gasteiger partial charge < -0.3 is 10.1 Å². The summed E-state index contributed by atoms with van der Waals surface area (Å²) in [6.07, 6.45) is -0.807. The lowest BCUT2D eigenvalue weighted by atomic mass is 10.3. The third kappa shape index (κ3) is 5.81. The smallest absolute Gasteiger partial charge is 0.266 e.